The van der Waals surface area contributed by atoms with E-state index in [2.05, 4.69) is 34.4 Å². The number of aromatic nitrogens is 1. The van der Waals surface area contributed by atoms with Gasteiger partial charge in [0, 0.05) is 33.3 Å². The van der Waals surface area contributed by atoms with Gasteiger partial charge in [-0.2, -0.15) is 0 Å². The summed E-state index contributed by atoms with van der Waals surface area (Å²) in [7, 11) is 2.28. The molecule has 0 aliphatic carbocycles. The number of fused-ring (bicyclic) bond motifs is 2. The fourth-order valence-electron chi connectivity index (χ4n) is 3.79. The number of thiazole rings is 1. The number of rotatable bonds is 4. The van der Waals surface area contributed by atoms with Crippen molar-refractivity contribution in [2.24, 2.45) is 0 Å². The van der Waals surface area contributed by atoms with Crippen LogP contribution in [0.5, 0.6) is 0 Å². The second-order valence-corrected chi connectivity index (χ2v) is 8.71. The number of nitrogens with zero attached hydrogens (tertiary/aromatic N) is 2. The van der Waals surface area contributed by atoms with Crippen LogP contribution in [0.4, 0.5) is 5.69 Å². The molecule has 2 aliphatic rings. The Labute approximate surface area is 150 Å². The van der Waals surface area contributed by atoms with Crippen LogP contribution in [0.1, 0.15) is 36.2 Å². The molecule has 2 aliphatic heterocycles. The van der Waals surface area contributed by atoms with Crippen molar-refractivity contribution in [3.8, 4) is 0 Å². The molecule has 1 amide bonds. The Morgan fingerprint density at radius 1 is 1.25 bits per heavy atom. The summed E-state index contributed by atoms with van der Waals surface area (Å²) < 4.78 is 0. The Kier molecular flexibility index (Phi) is 4.61. The van der Waals surface area contributed by atoms with Gasteiger partial charge >= 0.3 is 0 Å². The molecule has 1 N–H and O–H groups in total. The molecule has 6 heteroatoms. The van der Waals surface area contributed by atoms with E-state index >= 15 is 0 Å². The van der Waals surface area contributed by atoms with Crippen LogP contribution < -0.4 is 5.32 Å². The summed E-state index contributed by atoms with van der Waals surface area (Å²) in [5, 5.41) is 5.37. The molecule has 24 heavy (non-hydrogen) atoms. The van der Waals surface area contributed by atoms with Gasteiger partial charge in [-0.3, -0.25) is 4.79 Å². The average Bonchev–Trinajstić information content (AvgIpc) is 3.17. The van der Waals surface area contributed by atoms with Gasteiger partial charge in [0.05, 0.1) is 5.51 Å². The number of benzene rings is 1. The average molecular weight is 360 g/mol. The van der Waals surface area contributed by atoms with Crippen LogP contribution in [-0.4, -0.2) is 40.2 Å². The first kappa shape index (κ1) is 16.1. The van der Waals surface area contributed by atoms with Gasteiger partial charge in [-0.25, -0.2) is 4.98 Å². The molecule has 2 saturated heterocycles. The van der Waals surface area contributed by atoms with Crippen molar-refractivity contribution in [2.45, 2.75) is 47.9 Å². The quantitative estimate of drug-likeness (QED) is 0.892. The maximum Gasteiger partial charge on any atom is 0.275 e. The first-order valence-corrected chi connectivity index (χ1v) is 10.2. The van der Waals surface area contributed by atoms with Gasteiger partial charge in [0.15, 0.2) is 0 Å². The predicted molar refractivity (Wildman–Crippen MR) is 100.0 cm³/mol. The van der Waals surface area contributed by atoms with E-state index in [9.17, 15) is 4.79 Å². The largest absolute Gasteiger partial charge is 0.321 e. The molecule has 1 aromatic carbocycles. The third-order valence-corrected chi connectivity index (χ3v) is 6.98. The van der Waals surface area contributed by atoms with Crippen molar-refractivity contribution in [3.63, 3.8) is 0 Å². The lowest BCUT2D eigenvalue weighted by Crippen LogP contribution is -2.40. The van der Waals surface area contributed by atoms with Crippen LogP contribution in [-0.2, 0) is 0 Å². The van der Waals surface area contributed by atoms with Gasteiger partial charge in [0.25, 0.3) is 5.91 Å². The van der Waals surface area contributed by atoms with Crippen molar-refractivity contribution in [1.82, 2.24) is 9.88 Å². The highest BCUT2D eigenvalue weighted by molar-refractivity contribution is 8.00. The number of piperidine rings is 1. The number of anilines is 1. The number of thioether (sulfide) groups is 1. The number of amides is 1. The van der Waals surface area contributed by atoms with E-state index in [-0.39, 0.29) is 5.91 Å². The predicted octanol–water partition coefficient (Wildman–Crippen LogP) is 4.11. The van der Waals surface area contributed by atoms with Crippen LogP contribution in [0.3, 0.4) is 0 Å². The molecule has 2 atom stereocenters. The Bertz CT molecular complexity index is 688. The summed E-state index contributed by atoms with van der Waals surface area (Å²) in [6, 6.07) is 9.74. The normalized spacial score (nSPS) is 26.5. The lowest BCUT2D eigenvalue weighted by atomic mass is 10.0. The third-order valence-electron chi connectivity index (χ3n) is 5.13. The molecule has 2 fully saturated rings. The molecule has 4 nitrogen and oxygen atoms in total. The molecule has 1 aromatic heterocycles. The fourth-order valence-corrected chi connectivity index (χ4v) is 5.63. The molecule has 3 heterocycles. The van der Waals surface area contributed by atoms with E-state index in [1.807, 2.05) is 23.9 Å². The van der Waals surface area contributed by atoms with E-state index in [1.54, 1.807) is 10.9 Å². The zero-order valence-electron chi connectivity index (χ0n) is 13.6. The highest BCUT2D eigenvalue weighted by Crippen LogP contribution is 2.41. The minimum atomic E-state index is -0.149. The van der Waals surface area contributed by atoms with E-state index < -0.39 is 0 Å². The van der Waals surface area contributed by atoms with Gasteiger partial charge in [0.2, 0.25) is 0 Å². The minimum Gasteiger partial charge on any atom is -0.321 e. The van der Waals surface area contributed by atoms with Crippen LogP contribution in [0, 0.1) is 0 Å². The molecule has 0 saturated carbocycles. The lowest BCUT2D eigenvalue weighted by Gasteiger charge is -2.36. The fraction of sp³-hybridized carbons (Fsp3) is 0.444. The SMILES string of the molecule is CN1C2CCC1CC(Sc1ccc(NC(=O)c3cscn3)cc1)C2. The first-order chi connectivity index (χ1) is 11.7. The monoisotopic (exact) mass is 359 g/mol. The Hall–Kier alpha value is -1.37. The zero-order chi connectivity index (χ0) is 16.5. The van der Waals surface area contributed by atoms with E-state index in [1.165, 1.54) is 41.9 Å². The van der Waals surface area contributed by atoms with Gasteiger partial charge in [-0.05, 0) is 57.0 Å². The Morgan fingerprint density at radius 2 is 1.96 bits per heavy atom. The second kappa shape index (κ2) is 6.86. The van der Waals surface area contributed by atoms with Crippen molar-refractivity contribution >= 4 is 34.7 Å². The number of hydrogen-bond acceptors (Lipinski definition) is 5. The summed E-state index contributed by atoms with van der Waals surface area (Å²) in [6.45, 7) is 0. The van der Waals surface area contributed by atoms with Crippen molar-refractivity contribution in [2.75, 3.05) is 12.4 Å². The summed E-state index contributed by atoms with van der Waals surface area (Å²) in [5.74, 6) is -0.149. The maximum absolute atomic E-state index is 12.0. The van der Waals surface area contributed by atoms with E-state index in [0.717, 1.165) is 17.8 Å². The standard InChI is InChI=1S/C18H21N3OS2/c1-21-13-4-5-14(21)9-16(8-13)24-15-6-2-12(3-7-15)20-18(22)17-10-23-11-19-17/h2-3,6-7,10-11,13-14,16H,4-5,8-9H2,1H3,(H,20,22). The highest BCUT2D eigenvalue weighted by atomic mass is 32.2. The molecule has 0 spiro atoms. The molecule has 4 rings (SSSR count). The van der Waals surface area contributed by atoms with Gasteiger partial charge in [0.1, 0.15) is 5.69 Å². The molecular formula is C18H21N3OS2. The number of hydrogen-bond donors (Lipinski definition) is 1. The molecule has 0 radical (unpaired) electrons. The van der Waals surface area contributed by atoms with E-state index in [4.69, 9.17) is 0 Å². The highest BCUT2D eigenvalue weighted by Gasteiger charge is 2.38. The van der Waals surface area contributed by atoms with Crippen LogP contribution in [0.25, 0.3) is 0 Å². The Morgan fingerprint density at radius 3 is 2.58 bits per heavy atom. The minimum absolute atomic E-state index is 0.149. The van der Waals surface area contributed by atoms with Crippen LogP contribution >= 0.6 is 23.1 Å². The third kappa shape index (κ3) is 3.36. The number of carbonyl (C=O) groups excluding carboxylic acids is 1. The van der Waals surface area contributed by atoms with Crippen LogP contribution in [0.15, 0.2) is 40.1 Å². The summed E-state index contributed by atoms with van der Waals surface area (Å²) in [4.78, 5) is 19.9. The van der Waals surface area contributed by atoms with Crippen molar-refractivity contribution < 1.29 is 4.79 Å². The summed E-state index contributed by atoms with van der Waals surface area (Å²) in [5.41, 5.74) is 2.96. The van der Waals surface area contributed by atoms with Crippen LogP contribution in [0.2, 0.25) is 0 Å². The van der Waals surface area contributed by atoms with Gasteiger partial charge in [-0.1, -0.05) is 0 Å². The molecule has 126 valence electrons. The topological polar surface area (TPSA) is 45.2 Å². The smallest absolute Gasteiger partial charge is 0.275 e. The molecule has 2 aromatic rings. The first-order valence-electron chi connectivity index (χ1n) is 8.37. The number of carbonyl (C=O) groups is 1. The molecule has 2 bridgehead atoms. The zero-order valence-corrected chi connectivity index (χ0v) is 15.3. The maximum atomic E-state index is 12.0. The van der Waals surface area contributed by atoms with Gasteiger partial charge in [-0.15, -0.1) is 23.1 Å². The lowest BCUT2D eigenvalue weighted by molar-refractivity contribution is 0.102. The number of nitrogens with one attached hydrogen (secondary N) is 1. The van der Waals surface area contributed by atoms with Crippen molar-refractivity contribution in [1.29, 1.82) is 0 Å². The Balaban J connectivity index is 1.35. The van der Waals surface area contributed by atoms with Crippen molar-refractivity contribution in [3.05, 3.63) is 40.8 Å². The van der Waals surface area contributed by atoms with Gasteiger partial charge < -0.3 is 10.2 Å². The summed E-state index contributed by atoms with van der Waals surface area (Å²) >= 11 is 3.42. The summed E-state index contributed by atoms with van der Waals surface area (Å²) in [6.07, 6.45) is 5.31. The molecular weight excluding hydrogens is 338 g/mol. The molecule has 2 unspecified atom stereocenters. The second-order valence-electron chi connectivity index (χ2n) is 6.61. The van der Waals surface area contributed by atoms with E-state index in [0.29, 0.717) is 10.9 Å².